The van der Waals surface area contributed by atoms with Gasteiger partial charge in [0, 0.05) is 18.2 Å². The van der Waals surface area contributed by atoms with Gasteiger partial charge in [0.05, 0.1) is 0 Å². The fourth-order valence-corrected chi connectivity index (χ4v) is 3.74. The zero-order valence-corrected chi connectivity index (χ0v) is 9.96. The summed E-state index contributed by atoms with van der Waals surface area (Å²) in [5.74, 6) is 3.19. The molecule has 0 aromatic carbocycles. The van der Waals surface area contributed by atoms with Gasteiger partial charge in [-0.1, -0.05) is 18.3 Å². The van der Waals surface area contributed by atoms with E-state index in [-0.39, 0.29) is 0 Å². The Morgan fingerprint density at radius 2 is 2.43 bits per heavy atom. The molecule has 1 aromatic heterocycles. The smallest absolute Gasteiger partial charge is 0.131 e. The number of rotatable bonds is 4. The molecule has 2 heterocycles. The molecular formula is C9H15N3S2. The topological polar surface area (TPSA) is 37.8 Å². The maximum Gasteiger partial charge on any atom is 0.131 e. The molecule has 0 bridgehead atoms. The molecule has 1 unspecified atom stereocenters. The highest BCUT2D eigenvalue weighted by Crippen LogP contribution is 2.33. The lowest BCUT2D eigenvalue weighted by molar-refractivity contribution is 0.709. The average Bonchev–Trinajstić information content (AvgIpc) is 2.85. The third kappa shape index (κ3) is 2.46. The highest BCUT2D eigenvalue weighted by atomic mass is 32.2. The molecule has 2 rings (SSSR count). The van der Waals surface area contributed by atoms with Crippen LogP contribution in [0.25, 0.3) is 0 Å². The predicted octanol–water partition coefficient (Wildman–Crippen LogP) is 1.87. The van der Waals surface area contributed by atoms with Crippen molar-refractivity contribution >= 4 is 23.1 Å². The first-order valence-electron chi connectivity index (χ1n) is 5.01. The maximum absolute atomic E-state index is 4.27. The van der Waals surface area contributed by atoms with Gasteiger partial charge in [-0.25, -0.2) is 0 Å². The monoisotopic (exact) mass is 229 g/mol. The molecule has 0 amide bonds. The number of hydrogen-bond acceptors (Lipinski definition) is 5. The van der Waals surface area contributed by atoms with Crippen LogP contribution < -0.4 is 5.32 Å². The van der Waals surface area contributed by atoms with Gasteiger partial charge in [0.1, 0.15) is 10.0 Å². The number of thioether (sulfide) groups is 1. The van der Waals surface area contributed by atoms with Gasteiger partial charge in [-0.2, -0.15) is 11.8 Å². The van der Waals surface area contributed by atoms with Crippen LogP contribution in [0, 0.1) is 0 Å². The van der Waals surface area contributed by atoms with E-state index in [0.717, 1.165) is 18.1 Å². The molecule has 1 saturated heterocycles. The molecule has 0 aliphatic carbocycles. The van der Waals surface area contributed by atoms with Crippen molar-refractivity contribution in [2.45, 2.75) is 25.8 Å². The molecule has 0 saturated carbocycles. The van der Waals surface area contributed by atoms with Crippen molar-refractivity contribution < 1.29 is 0 Å². The lowest BCUT2D eigenvalue weighted by Crippen LogP contribution is -2.11. The molecule has 1 fully saturated rings. The highest BCUT2D eigenvalue weighted by Gasteiger charge is 2.21. The van der Waals surface area contributed by atoms with Gasteiger partial charge in [-0.15, -0.1) is 10.2 Å². The standard InChI is InChI=1S/C9H15N3S2/c1-2-10-5-8-11-12-9(14-8)7-3-4-13-6-7/h7,10H,2-6H2,1H3. The zero-order chi connectivity index (χ0) is 9.80. The molecule has 1 N–H and O–H groups in total. The molecular weight excluding hydrogens is 214 g/mol. The lowest BCUT2D eigenvalue weighted by atomic mass is 10.1. The SMILES string of the molecule is CCNCc1nnc(C2CCSC2)s1. The second-order valence-electron chi connectivity index (χ2n) is 3.37. The first-order valence-corrected chi connectivity index (χ1v) is 6.98. The molecule has 1 aromatic rings. The maximum atomic E-state index is 4.27. The van der Waals surface area contributed by atoms with Crippen LogP contribution in [-0.4, -0.2) is 28.2 Å². The Hall–Kier alpha value is -0.130. The molecule has 1 atom stereocenters. The normalized spacial score (nSPS) is 21.6. The quantitative estimate of drug-likeness (QED) is 0.855. The van der Waals surface area contributed by atoms with Gasteiger partial charge in [0.25, 0.3) is 0 Å². The van der Waals surface area contributed by atoms with Crippen molar-refractivity contribution in [1.82, 2.24) is 15.5 Å². The summed E-state index contributed by atoms with van der Waals surface area (Å²) in [5, 5.41) is 14.1. The van der Waals surface area contributed by atoms with Crippen LogP contribution in [0.15, 0.2) is 0 Å². The lowest BCUT2D eigenvalue weighted by Gasteiger charge is -1.99. The Morgan fingerprint density at radius 3 is 3.14 bits per heavy atom. The van der Waals surface area contributed by atoms with Crippen molar-refractivity contribution in [3.63, 3.8) is 0 Å². The van der Waals surface area contributed by atoms with Crippen molar-refractivity contribution in [3.05, 3.63) is 10.0 Å². The summed E-state index contributed by atoms with van der Waals surface area (Å²) >= 11 is 3.80. The second-order valence-corrected chi connectivity index (χ2v) is 5.62. The van der Waals surface area contributed by atoms with E-state index in [9.17, 15) is 0 Å². The fourth-order valence-electron chi connectivity index (χ4n) is 1.46. The van der Waals surface area contributed by atoms with E-state index in [1.165, 1.54) is 22.9 Å². The summed E-state index contributed by atoms with van der Waals surface area (Å²) in [6.45, 7) is 3.97. The van der Waals surface area contributed by atoms with Gasteiger partial charge in [0.2, 0.25) is 0 Å². The molecule has 3 nitrogen and oxygen atoms in total. The molecule has 0 spiro atoms. The summed E-state index contributed by atoms with van der Waals surface area (Å²) < 4.78 is 0. The number of aromatic nitrogens is 2. The summed E-state index contributed by atoms with van der Waals surface area (Å²) in [7, 11) is 0. The minimum atomic E-state index is 0.674. The van der Waals surface area contributed by atoms with Crippen LogP contribution in [0.1, 0.15) is 29.3 Å². The molecule has 14 heavy (non-hydrogen) atoms. The van der Waals surface area contributed by atoms with Crippen LogP contribution in [-0.2, 0) is 6.54 Å². The largest absolute Gasteiger partial charge is 0.311 e. The van der Waals surface area contributed by atoms with Gasteiger partial charge < -0.3 is 5.32 Å². The Kier molecular flexibility index (Phi) is 3.78. The van der Waals surface area contributed by atoms with Crippen molar-refractivity contribution in [1.29, 1.82) is 0 Å². The molecule has 0 radical (unpaired) electrons. The average molecular weight is 229 g/mol. The second kappa shape index (κ2) is 5.09. The van der Waals surface area contributed by atoms with Crippen LogP contribution in [0.5, 0.6) is 0 Å². The number of nitrogens with one attached hydrogen (secondary N) is 1. The van der Waals surface area contributed by atoms with Crippen LogP contribution in [0.2, 0.25) is 0 Å². The predicted molar refractivity (Wildman–Crippen MR) is 62.0 cm³/mol. The minimum Gasteiger partial charge on any atom is -0.311 e. The molecule has 78 valence electrons. The summed E-state index contributed by atoms with van der Waals surface area (Å²) in [6, 6.07) is 0. The van der Waals surface area contributed by atoms with Gasteiger partial charge in [0.15, 0.2) is 0 Å². The van der Waals surface area contributed by atoms with E-state index >= 15 is 0 Å². The van der Waals surface area contributed by atoms with Crippen LogP contribution in [0.3, 0.4) is 0 Å². The zero-order valence-electron chi connectivity index (χ0n) is 8.32. The summed E-state index contributed by atoms with van der Waals surface area (Å²) in [4.78, 5) is 0. The fraction of sp³-hybridized carbons (Fsp3) is 0.778. The Morgan fingerprint density at radius 1 is 1.50 bits per heavy atom. The third-order valence-electron chi connectivity index (χ3n) is 2.29. The van der Waals surface area contributed by atoms with E-state index in [1.807, 2.05) is 11.8 Å². The Balaban J connectivity index is 1.94. The van der Waals surface area contributed by atoms with Crippen molar-refractivity contribution in [2.75, 3.05) is 18.1 Å². The van der Waals surface area contributed by atoms with Crippen molar-refractivity contribution in [3.8, 4) is 0 Å². The molecule has 1 aliphatic heterocycles. The van der Waals surface area contributed by atoms with Gasteiger partial charge >= 0.3 is 0 Å². The van der Waals surface area contributed by atoms with Gasteiger partial charge in [-0.05, 0) is 18.7 Å². The minimum absolute atomic E-state index is 0.674. The Labute approximate surface area is 92.7 Å². The highest BCUT2D eigenvalue weighted by molar-refractivity contribution is 7.99. The van der Waals surface area contributed by atoms with E-state index in [0.29, 0.717) is 5.92 Å². The van der Waals surface area contributed by atoms with E-state index in [1.54, 1.807) is 11.3 Å². The van der Waals surface area contributed by atoms with E-state index in [4.69, 9.17) is 0 Å². The van der Waals surface area contributed by atoms with E-state index in [2.05, 4.69) is 22.4 Å². The Bertz CT molecular complexity index is 281. The number of nitrogens with zero attached hydrogens (tertiary/aromatic N) is 2. The van der Waals surface area contributed by atoms with Gasteiger partial charge in [-0.3, -0.25) is 0 Å². The molecule has 5 heteroatoms. The van der Waals surface area contributed by atoms with E-state index < -0.39 is 0 Å². The van der Waals surface area contributed by atoms with Crippen molar-refractivity contribution in [2.24, 2.45) is 0 Å². The molecule has 1 aliphatic rings. The number of hydrogen-bond donors (Lipinski definition) is 1. The van der Waals surface area contributed by atoms with Crippen LogP contribution in [0.4, 0.5) is 0 Å². The van der Waals surface area contributed by atoms with Crippen LogP contribution >= 0.6 is 23.1 Å². The first kappa shape index (κ1) is 10.4. The first-order chi connectivity index (χ1) is 6.90. The summed E-state index contributed by atoms with van der Waals surface area (Å²) in [6.07, 6.45) is 1.28. The summed E-state index contributed by atoms with van der Waals surface area (Å²) in [5.41, 5.74) is 0. The third-order valence-corrected chi connectivity index (χ3v) is 4.54.